The fraction of sp³-hybridized carbons (Fsp3) is 0.417. The van der Waals surface area contributed by atoms with Gasteiger partial charge in [-0.2, -0.15) is 0 Å². The molecule has 0 amide bonds. The van der Waals surface area contributed by atoms with Gasteiger partial charge in [0.25, 0.3) is 0 Å². The van der Waals surface area contributed by atoms with Gasteiger partial charge in [-0.1, -0.05) is 34.9 Å². The van der Waals surface area contributed by atoms with Gasteiger partial charge in [0.05, 0.1) is 26.9 Å². The highest BCUT2D eigenvalue weighted by atomic mass is 15.6. The Labute approximate surface area is 86.5 Å². The van der Waals surface area contributed by atoms with Crippen molar-refractivity contribution in [2.45, 2.75) is 13.8 Å². The summed E-state index contributed by atoms with van der Waals surface area (Å²) in [5.74, 6) is 0. The predicted molar refractivity (Wildman–Crippen MR) is 61.4 cm³/mol. The van der Waals surface area contributed by atoms with Gasteiger partial charge in [-0.05, 0) is 13.8 Å². The van der Waals surface area contributed by atoms with Crippen LogP contribution in [0.25, 0.3) is 0 Å². The summed E-state index contributed by atoms with van der Waals surface area (Å²) in [5.41, 5.74) is 3.57. The maximum Gasteiger partial charge on any atom is 0.0999 e. The second kappa shape index (κ2) is 3.93. The molecule has 0 aliphatic carbocycles. The first-order valence-electron chi connectivity index (χ1n) is 4.84. The molecule has 1 aromatic rings. The highest BCUT2D eigenvalue weighted by molar-refractivity contribution is 5.98. The number of quaternary nitrogens is 1. The van der Waals surface area contributed by atoms with Gasteiger partial charge in [-0.3, -0.25) is 0 Å². The molecule has 0 saturated carbocycles. The van der Waals surface area contributed by atoms with Gasteiger partial charge in [-0.25, -0.2) is 4.59 Å². The van der Waals surface area contributed by atoms with Crippen LogP contribution in [0, 0.1) is 6.92 Å². The van der Waals surface area contributed by atoms with Crippen LogP contribution in [0.15, 0.2) is 29.4 Å². The third-order valence-corrected chi connectivity index (χ3v) is 1.89. The number of aryl methyl sites for hydroxylation is 1. The van der Waals surface area contributed by atoms with Crippen LogP contribution in [0.4, 0.5) is 0 Å². The zero-order chi connectivity index (χ0) is 10.8. The highest BCUT2D eigenvalue weighted by Crippen LogP contribution is 2.07. The molecule has 0 spiro atoms. The van der Waals surface area contributed by atoms with Crippen LogP contribution in [0.1, 0.15) is 18.1 Å². The standard InChI is InChI=1S/C12H19N2/c1-10-7-6-8-12(9-10)11(2)13-14(3,4)5/h6-9H,1-5H3/q+1. The van der Waals surface area contributed by atoms with Gasteiger partial charge >= 0.3 is 0 Å². The minimum Gasteiger partial charge on any atom is -0.205 e. The Morgan fingerprint density at radius 2 is 1.86 bits per heavy atom. The molecule has 0 fully saturated rings. The molecular formula is C12H19N2+. The molecule has 0 N–H and O–H groups in total. The van der Waals surface area contributed by atoms with Crippen molar-refractivity contribution in [2.75, 3.05) is 21.1 Å². The lowest BCUT2D eigenvalue weighted by atomic mass is 10.1. The molecule has 76 valence electrons. The molecule has 0 radical (unpaired) electrons. The number of benzene rings is 1. The Morgan fingerprint density at radius 3 is 2.36 bits per heavy atom. The summed E-state index contributed by atoms with van der Waals surface area (Å²) in [7, 11) is 6.16. The van der Waals surface area contributed by atoms with Gasteiger partial charge in [0.1, 0.15) is 0 Å². The van der Waals surface area contributed by atoms with Gasteiger partial charge in [0.15, 0.2) is 0 Å². The third-order valence-electron chi connectivity index (χ3n) is 1.89. The van der Waals surface area contributed by atoms with Crippen LogP contribution < -0.4 is 0 Å². The van der Waals surface area contributed by atoms with E-state index in [1.165, 1.54) is 11.1 Å². The molecule has 0 heterocycles. The van der Waals surface area contributed by atoms with Gasteiger partial charge in [0.2, 0.25) is 0 Å². The van der Waals surface area contributed by atoms with Gasteiger partial charge < -0.3 is 0 Å². The van der Waals surface area contributed by atoms with Gasteiger partial charge in [-0.15, -0.1) is 0 Å². The monoisotopic (exact) mass is 191 g/mol. The SMILES string of the molecule is CC(=N[N+](C)(C)C)c1cccc(C)c1. The number of hydrogen-bond donors (Lipinski definition) is 0. The van der Waals surface area contributed by atoms with Crippen molar-refractivity contribution >= 4 is 5.71 Å². The highest BCUT2D eigenvalue weighted by Gasteiger charge is 2.06. The Bertz CT molecular complexity index is 346. The van der Waals surface area contributed by atoms with E-state index in [4.69, 9.17) is 0 Å². The lowest BCUT2D eigenvalue weighted by Crippen LogP contribution is -2.28. The summed E-state index contributed by atoms with van der Waals surface area (Å²) in [6.45, 7) is 4.15. The normalized spacial score (nSPS) is 13.1. The molecule has 0 aromatic heterocycles. The lowest BCUT2D eigenvalue weighted by molar-refractivity contribution is -0.877. The molecule has 0 bridgehead atoms. The smallest absolute Gasteiger partial charge is 0.0999 e. The molecule has 0 saturated heterocycles. The maximum atomic E-state index is 4.57. The van der Waals surface area contributed by atoms with E-state index in [0.717, 1.165) is 5.71 Å². The van der Waals surface area contributed by atoms with E-state index in [0.29, 0.717) is 4.59 Å². The first-order chi connectivity index (χ1) is 6.38. The summed E-state index contributed by atoms with van der Waals surface area (Å²) in [4.78, 5) is 0. The van der Waals surface area contributed by atoms with Crippen molar-refractivity contribution in [3.63, 3.8) is 0 Å². The molecule has 0 aliphatic heterocycles. The first-order valence-corrected chi connectivity index (χ1v) is 4.84. The van der Waals surface area contributed by atoms with Crippen molar-refractivity contribution in [1.82, 2.24) is 0 Å². The zero-order valence-electron chi connectivity index (χ0n) is 9.70. The van der Waals surface area contributed by atoms with Crippen LogP contribution >= 0.6 is 0 Å². The zero-order valence-corrected chi connectivity index (χ0v) is 9.70. The van der Waals surface area contributed by atoms with Crippen LogP contribution in [-0.4, -0.2) is 31.4 Å². The lowest BCUT2D eigenvalue weighted by Gasteiger charge is -2.16. The molecule has 14 heavy (non-hydrogen) atoms. The minimum atomic E-state index is 0.611. The fourth-order valence-electron chi connectivity index (χ4n) is 1.38. The van der Waals surface area contributed by atoms with Crippen molar-refractivity contribution < 1.29 is 4.59 Å². The molecule has 2 heteroatoms. The van der Waals surface area contributed by atoms with E-state index in [-0.39, 0.29) is 0 Å². The molecule has 0 aliphatic rings. The Hall–Kier alpha value is -1.15. The van der Waals surface area contributed by atoms with Crippen LogP contribution in [0.2, 0.25) is 0 Å². The van der Waals surface area contributed by atoms with Crippen molar-refractivity contribution in [3.05, 3.63) is 35.4 Å². The molecule has 1 rings (SSSR count). The molecule has 0 unspecified atom stereocenters. The van der Waals surface area contributed by atoms with Crippen molar-refractivity contribution in [2.24, 2.45) is 5.10 Å². The third kappa shape index (κ3) is 3.30. The van der Waals surface area contributed by atoms with E-state index in [1.54, 1.807) is 0 Å². The summed E-state index contributed by atoms with van der Waals surface area (Å²) in [6, 6.07) is 8.43. The van der Waals surface area contributed by atoms with Crippen LogP contribution in [0.5, 0.6) is 0 Å². The van der Waals surface area contributed by atoms with E-state index in [9.17, 15) is 0 Å². The minimum absolute atomic E-state index is 0.611. The van der Waals surface area contributed by atoms with Crippen molar-refractivity contribution in [1.29, 1.82) is 0 Å². The molecule has 2 nitrogen and oxygen atoms in total. The fourth-order valence-corrected chi connectivity index (χ4v) is 1.38. The summed E-state index contributed by atoms with van der Waals surface area (Å²) in [5, 5.41) is 4.57. The van der Waals surface area contributed by atoms with Crippen molar-refractivity contribution in [3.8, 4) is 0 Å². The molecule has 1 aromatic carbocycles. The number of nitrogens with zero attached hydrogens (tertiary/aromatic N) is 2. The summed E-state index contributed by atoms with van der Waals surface area (Å²) < 4.78 is 0.611. The largest absolute Gasteiger partial charge is 0.205 e. The first kappa shape index (κ1) is 10.9. The van der Waals surface area contributed by atoms with Crippen LogP contribution in [-0.2, 0) is 0 Å². The quantitative estimate of drug-likeness (QED) is 0.387. The molecule has 0 atom stereocenters. The predicted octanol–water partition coefficient (Wildman–Crippen LogP) is 2.43. The van der Waals surface area contributed by atoms with E-state index < -0.39 is 0 Å². The average molecular weight is 191 g/mol. The van der Waals surface area contributed by atoms with E-state index in [1.807, 2.05) is 0 Å². The Kier molecular flexibility index (Phi) is 3.06. The van der Waals surface area contributed by atoms with E-state index >= 15 is 0 Å². The maximum absolute atomic E-state index is 4.57. The second-order valence-corrected chi connectivity index (χ2v) is 4.50. The summed E-state index contributed by atoms with van der Waals surface area (Å²) in [6.07, 6.45) is 0. The Morgan fingerprint density at radius 1 is 1.21 bits per heavy atom. The summed E-state index contributed by atoms with van der Waals surface area (Å²) >= 11 is 0. The van der Waals surface area contributed by atoms with Crippen LogP contribution in [0.3, 0.4) is 0 Å². The topological polar surface area (TPSA) is 12.4 Å². The molecular weight excluding hydrogens is 172 g/mol. The number of rotatable bonds is 2. The average Bonchev–Trinajstić information content (AvgIpc) is 2.01. The van der Waals surface area contributed by atoms with Gasteiger partial charge in [0, 0.05) is 5.56 Å². The van der Waals surface area contributed by atoms with E-state index in [2.05, 4.69) is 64.4 Å². The number of hydrogen-bond acceptors (Lipinski definition) is 1. The Balaban J connectivity index is 3.01. The second-order valence-electron chi connectivity index (χ2n) is 4.50.